The highest BCUT2D eigenvalue weighted by molar-refractivity contribution is 5.92. The maximum Gasteiger partial charge on any atom is 0.274 e. The molecule has 0 saturated heterocycles. The molecule has 0 aliphatic rings. The van der Waals surface area contributed by atoms with Gasteiger partial charge in [-0.05, 0) is 0 Å². The lowest BCUT2D eigenvalue weighted by Gasteiger charge is -2.19. The van der Waals surface area contributed by atoms with Gasteiger partial charge in [0.1, 0.15) is 0 Å². The second kappa shape index (κ2) is 6.97. The number of aromatic nitrogens is 2. The van der Waals surface area contributed by atoms with Gasteiger partial charge in [0.15, 0.2) is 5.69 Å². The molecule has 0 saturated carbocycles. The first-order valence-electron chi connectivity index (χ1n) is 5.61. The molecule has 0 spiro atoms. The Balaban J connectivity index is 2.80. The highest BCUT2D eigenvalue weighted by atomic mass is 16.5. The number of nitrogens with zero attached hydrogens (tertiary/aromatic N) is 3. The summed E-state index contributed by atoms with van der Waals surface area (Å²) < 4.78 is 11.5. The quantitative estimate of drug-likeness (QED) is 0.713. The molecule has 1 aromatic heterocycles. The van der Waals surface area contributed by atoms with Crippen LogP contribution in [0.4, 0.5) is 0 Å². The van der Waals surface area contributed by atoms with Crippen molar-refractivity contribution in [2.24, 2.45) is 7.05 Å². The Kier molecular flexibility index (Phi) is 5.60. The molecule has 7 heteroatoms. The first kappa shape index (κ1) is 14.5. The maximum atomic E-state index is 12.2. The van der Waals surface area contributed by atoms with Crippen LogP contribution in [0.2, 0.25) is 0 Å². The number of hydrogen-bond donors (Lipinski definition) is 1. The fourth-order valence-electron chi connectivity index (χ4n) is 1.54. The van der Waals surface area contributed by atoms with Gasteiger partial charge in [-0.15, -0.1) is 0 Å². The van der Waals surface area contributed by atoms with Crippen molar-refractivity contribution in [2.45, 2.75) is 0 Å². The number of methoxy groups -OCH3 is 2. The Morgan fingerprint density at radius 1 is 1.50 bits per heavy atom. The van der Waals surface area contributed by atoms with Crippen LogP contribution in [0.25, 0.3) is 0 Å². The van der Waals surface area contributed by atoms with E-state index in [4.69, 9.17) is 14.6 Å². The summed E-state index contributed by atoms with van der Waals surface area (Å²) in [6.45, 7) is 0.977. The zero-order valence-corrected chi connectivity index (χ0v) is 10.9. The predicted octanol–water partition coefficient (Wildman–Crippen LogP) is -0.490. The molecule has 0 bridgehead atoms. The third-order valence-electron chi connectivity index (χ3n) is 2.49. The molecule has 0 fully saturated rings. The zero-order chi connectivity index (χ0) is 13.5. The van der Waals surface area contributed by atoms with E-state index in [1.54, 1.807) is 20.2 Å². The highest BCUT2D eigenvalue weighted by Gasteiger charge is 2.19. The smallest absolute Gasteiger partial charge is 0.274 e. The Labute approximate surface area is 106 Å². The second-order valence-electron chi connectivity index (χ2n) is 3.70. The number of amides is 1. The van der Waals surface area contributed by atoms with Gasteiger partial charge in [0, 0.05) is 33.3 Å². The summed E-state index contributed by atoms with van der Waals surface area (Å²) in [5.41, 5.74) is 0.291. The molecular weight excluding hydrogens is 238 g/mol. The topological polar surface area (TPSA) is 76.8 Å². The van der Waals surface area contributed by atoms with Crippen LogP contribution in [0.3, 0.4) is 0 Å². The van der Waals surface area contributed by atoms with E-state index in [-0.39, 0.29) is 19.1 Å². The summed E-state index contributed by atoms with van der Waals surface area (Å²) >= 11 is 0. The van der Waals surface area contributed by atoms with Crippen LogP contribution < -0.4 is 4.74 Å². The SMILES string of the molecule is COCCN(CCO)C(=O)c1cc(OC)n(C)n1. The molecule has 1 rings (SSSR count). The minimum Gasteiger partial charge on any atom is -0.481 e. The maximum absolute atomic E-state index is 12.2. The summed E-state index contributed by atoms with van der Waals surface area (Å²) in [5.74, 6) is 0.258. The van der Waals surface area contributed by atoms with Crippen molar-refractivity contribution < 1.29 is 19.4 Å². The van der Waals surface area contributed by atoms with E-state index in [1.807, 2.05) is 0 Å². The van der Waals surface area contributed by atoms with E-state index in [1.165, 1.54) is 16.7 Å². The number of aliphatic hydroxyl groups excluding tert-OH is 1. The molecule has 0 aliphatic heterocycles. The minimum absolute atomic E-state index is 0.0978. The van der Waals surface area contributed by atoms with Crippen molar-refractivity contribution >= 4 is 5.91 Å². The van der Waals surface area contributed by atoms with Gasteiger partial charge in [-0.2, -0.15) is 5.10 Å². The monoisotopic (exact) mass is 257 g/mol. The molecule has 1 amide bonds. The van der Waals surface area contributed by atoms with Gasteiger partial charge in [0.05, 0.1) is 20.3 Å². The fraction of sp³-hybridized carbons (Fsp3) is 0.636. The van der Waals surface area contributed by atoms with Crippen molar-refractivity contribution in [1.82, 2.24) is 14.7 Å². The summed E-state index contributed by atoms with van der Waals surface area (Å²) in [7, 11) is 4.77. The first-order chi connectivity index (χ1) is 8.63. The van der Waals surface area contributed by atoms with Crippen molar-refractivity contribution in [1.29, 1.82) is 0 Å². The molecule has 1 aromatic rings. The van der Waals surface area contributed by atoms with E-state index in [2.05, 4.69) is 5.10 Å². The van der Waals surface area contributed by atoms with Crippen LogP contribution in [-0.2, 0) is 11.8 Å². The number of ether oxygens (including phenoxy) is 2. The molecule has 7 nitrogen and oxygen atoms in total. The standard InChI is InChI=1S/C11H19N3O4/c1-13-10(18-3)8-9(12-13)11(16)14(4-6-15)5-7-17-2/h8,15H,4-7H2,1-3H3. The number of hydrogen-bond acceptors (Lipinski definition) is 5. The zero-order valence-electron chi connectivity index (χ0n) is 10.9. The molecular formula is C11H19N3O4. The van der Waals surface area contributed by atoms with E-state index < -0.39 is 0 Å². The number of rotatable bonds is 7. The average Bonchev–Trinajstić information content (AvgIpc) is 2.75. The van der Waals surface area contributed by atoms with Gasteiger partial charge in [0.25, 0.3) is 5.91 Å². The summed E-state index contributed by atoms with van der Waals surface area (Å²) in [6.07, 6.45) is 0. The molecule has 18 heavy (non-hydrogen) atoms. The van der Waals surface area contributed by atoms with Gasteiger partial charge in [0.2, 0.25) is 5.88 Å². The largest absolute Gasteiger partial charge is 0.481 e. The molecule has 0 aliphatic carbocycles. The van der Waals surface area contributed by atoms with E-state index in [0.29, 0.717) is 24.7 Å². The third-order valence-corrected chi connectivity index (χ3v) is 2.49. The number of carbonyl (C=O) groups is 1. The van der Waals surface area contributed by atoms with Crippen LogP contribution in [0, 0.1) is 0 Å². The van der Waals surface area contributed by atoms with Crippen molar-refractivity contribution in [3.05, 3.63) is 11.8 Å². The predicted molar refractivity (Wildman–Crippen MR) is 64.6 cm³/mol. The lowest BCUT2D eigenvalue weighted by molar-refractivity contribution is 0.0650. The van der Waals surface area contributed by atoms with E-state index in [9.17, 15) is 4.79 Å². The lowest BCUT2D eigenvalue weighted by atomic mass is 10.3. The van der Waals surface area contributed by atoms with Crippen LogP contribution in [0.5, 0.6) is 5.88 Å². The van der Waals surface area contributed by atoms with E-state index in [0.717, 1.165) is 0 Å². The first-order valence-corrected chi connectivity index (χ1v) is 5.61. The molecule has 0 unspecified atom stereocenters. The van der Waals surface area contributed by atoms with E-state index >= 15 is 0 Å². The van der Waals surface area contributed by atoms with Crippen LogP contribution in [0.1, 0.15) is 10.5 Å². The van der Waals surface area contributed by atoms with Gasteiger partial charge in [-0.3, -0.25) is 4.79 Å². The van der Waals surface area contributed by atoms with Crippen molar-refractivity contribution in [3.8, 4) is 5.88 Å². The Hall–Kier alpha value is -1.60. The van der Waals surface area contributed by atoms with Gasteiger partial charge in [-0.25, -0.2) is 4.68 Å². The Morgan fingerprint density at radius 2 is 2.22 bits per heavy atom. The Bertz CT molecular complexity index is 392. The highest BCUT2D eigenvalue weighted by Crippen LogP contribution is 2.12. The van der Waals surface area contributed by atoms with Gasteiger partial charge >= 0.3 is 0 Å². The molecule has 0 aromatic carbocycles. The summed E-state index contributed by atoms with van der Waals surface area (Å²) in [6, 6.07) is 1.57. The van der Waals surface area contributed by atoms with Crippen molar-refractivity contribution in [3.63, 3.8) is 0 Å². The second-order valence-corrected chi connectivity index (χ2v) is 3.70. The minimum atomic E-state index is -0.250. The number of aryl methyl sites for hydroxylation is 1. The van der Waals surface area contributed by atoms with Gasteiger partial charge in [-0.1, -0.05) is 0 Å². The molecule has 1 N–H and O–H groups in total. The number of carbonyl (C=O) groups excluding carboxylic acids is 1. The van der Waals surface area contributed by atoms with Gasteiger partial charge < -0.3 is 19.5 Å². The summed E-state index contributed by atoms with van der Waals surface area (Å²) in [4.78, 5) is 13.6. The lowest BCUT2D eigenvalue weighted by Crippen LogP contribution is -2.36. The molecule has 0 atom stereocenters. The normalized spacial score (nSPS) is 10.4. The average molecular weight is 257 g/mol. The third kappa shape index (κ3) is 3.44. The molecule has 1 heterocycles. The van der Waals surface area contributed by atoms with Crippen LogP contribution >= 0.6 is 0 Å². The van der Waals surface area contributed by atoms with Crippen molar-refractivity contribution in [2.75, 3.05) is 40.5 Å². The summed E-state index contributed by atoms with van der Waals surface area (Å²) in [5, 5.41) is 13.0. The number of aliphatic hydroxyl groups is 1. The molecule has 0 radical (unpaired) electrons. The fourth-order valence-corrected chi connectivity index (χ4v) is 1.54. The van der Waals surface area contributed by atoms with Crippen LogP contribution in [-0.4, -0.2) is 66.2 Å². The Morgan fingerprint density at radius 3 is 2.72 bits per heavy atom. The molecule has 102 valence electrons. The van der Waals surface area contributed by atoms with Crippen LogP contribution in [0.15, 0.2) is 6.07 Å².